The first-order valence-corrected chi connectivity index (χ1v) is 11.5. The number of esters is 1. The molecule has 1 aromatic carbocycles. The van der Waals surface area contributed by atoms with Crippen molar-refractivity contribution in [2.75, 3.05) is 37.7 Å². The molecule has 2 fully saturated rings. The molecule has 2 aliphatic rings. The first-order chi connectivity index (χ1) is 17.0. The molecule has 0 saturated carbocycles. The molecule has 0 bridgehead atoms. The van der Waals surface area contributed by atoms with Crippen LogP contribution in [0.25, 0.3) is 0 Å². The van der Waals surface area contributed by atoms with Crippen LogP contribution >= 0.6 is 0 Å². The van der Waals surface area contributed by atoms with Crippen molar-refractivity contribution in [2.24, 2.45) is 0 Å². The molecule has 0 spiro atoms. The molecule has 12 nitrogen and oxygen atoms in total. The lowest BCUT2D eigenvalue weighted by atomic mass is 10.0. The van der Waals surface area contributed by atoms with Crippen molar-refractivity contribution in [1.82, 2.24) is 34.9 Å². The van der Waals surface area contributed by atoms with Crippen molar-refractivity contribution in [3.8, 4) is 0 Å². The van der Waals surface area contributed by atoms with Crippen molar-refractivity contribution in [1.29, 1.82) is 0 Å². The molecular weight excluding hydrogens is 459 g/mol. The van der Waals surface area contributed by atoms with Crippen molar-refractivity contribution in [3.63, 3.8) is 0 Å². The Balaban J connectivity index is 1.29. The number of amides is 1. The van der Waals surface area contributed by atoms with Crippen LogP contribution in [-0.2, 0) is 9.47 Å². The smallest absolute Gasteiger partial charge is 0.411 e. The van der Waals surface area contributed by atoms with Crippen LogP contribution in [0.3, 0.4) is 0 Å². The van der Waals surface area contributed by atoms with E-state index in [0.29, 0.717) is 43.7 Å². The molecule has 1 amide bonds. The molecule has 0 aliphatic carbocycles. The SMILES string of the molecule is CCOC(=O)c1cn(C2CCN(c3ccc([C@H](N4CCOC4=O)n4ccnn4)cc3F)CC2)nn1. The van der Waals surface area contributed by atoms with Crippen molar-refractivity contribution >= 4 is 17.7 Å². The van der Waals surface area contributed by atoms with Crippen molar-refractivity contribution in [3.05, 3.63) is 53.9 Å². The minimum Gasteiger partial charge on any atom is -0.461 e. The number of halogens is 1. The first-order valence-electron chi connectivity index (χ1n) is 11.5. The predicted molar refractivity (Wildman–Crippen MR) is 119 cm³/mol. The van der Waals surface area contributed by atoms with E-state index in [4.69, 9.17) is 9.47 Å². The van der Waals surface area contributed by atoms with Gasteiger partial charge in [0.1, 0.15) is 12.4 Å². The number of hydrogen-bond acceptors (Lipinski definition) is 9. The highest BCUT2D eigenvalue weighted by Crippen LogP contribution is 2.32. The summed E-state index contributed by atoms with van der Waals surface area (Å²) in [6.07, 6.45) is 5.04. The van der Waals surface area contributed by atoms with Gasteiger partial charge in [-0.1, -0.05) is 16.5 Å². The number of carbonyl (C=O) groups excluding carboxylic acids is 2. The Morgan fingerprint density at radius 3 is 2.74 bits per heavy atom. The summed E-state index contributed by atoms with van der Waals surface area (Å²) in [4.78, 5) is 27.5. The third kappa shape index (κ3) is 4.53. The minimum absolute atomic E-state index is 0.0575. The number of anilines is 1. The van der Waals surface area contributed by atoms with Crippen LogP contribution in [0.4, 0.5) is 14.9 Å². The van der Waals surface area contributed by atoms with Gasteiger partial charge in [-0.2, -0.15) is 0 Å². The van der Waals surface area contributed by atoms with Gasteiger partial charge in [0.25, 0.3) is 0 Å². The molecule has 0 N–H and O–H groups in total. The lowest BCUT2D eigenvalue weighted by Gasteiger charge is -2.34. The van der Waals surface area contributed by atoms with Crippen LogP contribution in [0.15, 0.2) is 36.8 Å². The topological polar surface area (TPSA) is 120 Å². The minimum atomic E-state index is -0.650. The molecule has 4 heterocycles. The quantitative estimate of drug-likeness (QED) is 0.464. The van der Waals surface area contributed by atoms with Gasteiger partial charge in [-0.25, -0.2) is 23.3 Å². The second-order valence-corrected chi connectivity index (χ2v) is 8.30. The summed E-state index contributed by atoms with van der Waals surface area (Å²) < 4.78 is 28.5. The van der Waals surface area contributed by atoms with Crippen LogP contribution in [0, 0.1) is 5.82 Å². The Morgan fingerprint density at radius 1 is 1.26 bits per heavy atom. The predicted octanol–water partition coefficient (Wildman–Crippen LogP) is 2.03. The van der Waals surface area contributed by atoms with E-state index in [1.807, 2.05) is 4.90 Å². The van der Waals surface area contributed by atoms with Gasteiger partial charge in [-0.15, -0.1) is 10.2 Å². The number of ether oxygens (including phenoxy) is 2. The fraction of sp³-hybridized carbons (Fsp3) is 0.455. The van der Waals surface area contributed by atoms with E-state index in [1.54, 1.807) is 36.1 Å². The number of piperidine rings is 1. The molecule has 2 saturated heterocycles. The van der Waals surface area contributed by atoms with Gasteiger partial charge in [0, 0.05) is 19.3 Å². The molecule has 184 valence electrons. The van der Waals surface area contributed by atoms with E-state index in [1.165, 1.54) is 21.8 Å². The second-order valence-electron chi connectivity index (χ2n) is 8.30. The molecule has 0 unspecified atom stereocenters. The lowest BCUT2D eigenvalue weighted by Crippen LogP contribution is -2.36. The largest absolute Gasteiger partial charge is 0.461 e. The van der Waals surface area contributed by atoms with Gasteiger partial charge in [-0.05, 0) is 37.5 Å². The molecule has 3 aromatic rings. The zero-order valence-electron chi connectivity index (χ0n) is 19.2. The molecule has 5 rings (SSSR count). The van der Waals surface area contributed by atoms with Crippen molar-refractivity contribution in [2.45, 2.75) is 32.0 Å². The highest BCUT2D eigenvalue weighted by atomic mass is 19.1. The van der Waals surface area contributed by atoms with Crippen LogP contribution in [0.1, 0.15) is 48.0 Å². The van der Waals surface area contributed by atoms with E-state index in [2.05, 4.69) is 20.6 Å². The van der Waals surface area contributed by atoms with Crippen LogP contribution in [0.2, 0.25) is 0 Å². The van der Waals surface area contributed by atoms with E-state index in [9.17, 15) is 9.59 Å². The number of rotatable bonds is 7. The van der Waals surface area contributed by atoms with Gasteiger partial charge in [-0.3, -0.25) is 4.90 Å². The molecule has 2 aromatic heterocycles. The number of hydrogen-bond donors (Lipinski definition) is 0. The van der Waals surface area contributed by atoms with Gasteiger partial charge in [0.15, 0.2) is 11.9 Å². The number of aromatic nitrogens is 6. The molecule has 2 aliphatic heterocycles. The molecule has 35 heavy (non-hydrogen) atoms. The maximum Gasteiger partial charge on any atom is 0.411 e. The summed E-state index contributed by atoms with van der Waals surface area (Å²) in [5.41, 5.74) is 1.23. The summed E-state index contributed by atoms with van der Waals surface area (Å²) in [5.74, 6) is -0.881. The Kier molecular flexibility index (Phi) is 6.29. The van der Waals surface area contributed by atoms with E-state index < -0.39 is 18.2 Å². The Bertz CT molecular complexity index is 1190. The third-order valence-electron chi connectivity index (χ3n) is 6.22. The number of cyclic esters (lactones) is 1. The van der Waals surface area contributed by atoms with Crippen LogP contribution in [0.5, 0.6) is 0 Å². The van der Waals surface area contributed by atoms with Gasteiger partial charge < -0.3 is 14.4 Å². The Morgan fingerprint density at radius 2 is 2.09 bits per heavy atom. The molecule has 13 heteroatoms. The average Bonchev–Trinajstić information content (AvgIpc) is 3.63. The number of nitrogens with zero attached hydrogens (tertiary/aromatic N) is 8. The van der Waals surface area contributed by atoms with Crippen LogP contribution < -0.4 is 4.90 Å². The highest BCUT2D eigenvalue weighted by Gasteiger charge is 2.33. The second kappa shape index (κ2) is 9.68. The van der Waals surface area contributed by atoms with Crippen molar-refractivity contribution < 1.29 is 23.5 Å². The maximum absolute atomic E-state index is 15.3. The third-order valence-corrected chi connectivity index (χ3v) is 6.22. The monoisotopic (exact) mass is 484 g/mol. The summed E-state index contributed by atoms with van der Waals surface area (Å²) >= 11 is 0. The first kappa shape index (κ1) is 22.7. The zero-order chi connectivity index (χ0) is 24.4. The van der Waals surface area contributed by atoms with E-state index >= 15 is 4.39 Å². The summed E-state index contributed by atoms with van der Waals surface area (Å²) in [7, 11) is 0. The fourth-order valence-electron chi connectivity index (χ4n) is 4.52. The molecular formula is C22H25FN8O4. The highest BCUT2D eigenvalue weighted by molar-refractivity contribution is 5.86. The van der Waals surface area contributed by atoms with Crippen LogP contribution in [-0.4, -0.2) is 79.8 Å². The Hall–Kier alpha value is -4.03. The molecule has 0 radical (unpaired) electrons. The normalized spacial score (nSPS) is 17.5. The van der Waals surface area contributed by atoms with E-state index in [0.717, 1.165) is 0 Å². The van der Waals surface area contributed by atoms with Gasteiger partial charge in [0.2, 0.25) is 0 Å². The zero-order valence-corrected chi connectivity index (χ0v) is 19.2. The summed E-state index contributed by atoms with van der Waals surface area (Å²) in [6, 6.07) is 5.01. The fourth-order valence-corrected chi connectivity index (χ4v) is 4.52. The maximum atomic E-state index is 15.3. The van der Waals surface area contributed by atoms with Gasteiger partial charge in [0.05, 0.1) is 37.3 Å². The van der Waals surface area contributed by atoms with E-state index in [-0.39, 0.29) is 30.8 Å². The summed E-state index contributed by atoms with van der Waals surface area (Å²) in [5, 5.41) is 15.8. The number of carbonyl (C=O) groups is 2. The Labute approximate surface area is 200 Å². The summed E-state index contributed by atoms with van der Waals surface area (Å²) in [6.45, 7) is 3.88. The standard InChI is InChI=1S/C22H25FN8O4/c1-2-34-21(32)18-14-31(27-25-18)16-5-8-28(9-6-16)19-4-3-15(13-17(19)23)20(30-10-7-24-26-30)29-11-12-35-22(29)33/h3-4,7,10,13-14,16,20H,2,5-6,8-9,11-12H2,1H3/t20-/m1/s1. The number of benzene rings is 1. The molecule has 1 atom stereocenters. The lowest BCUT2D eigenvalue weighted by molar-refractivity contribution is 0.0519. The average molecular weight is 484 g/mol. The van der Waals surface area contributed by atoms with Gasteiger partial charge >= 0.3 is 12.1 Å².